The molecule has 1 aliphatic heterocycles. The van der Waals surface area contributed by atoms with E-state index in [-0.39, 0.29) is 17.6 Å². The molecule has 104 valence electrons. The highest BCUT2D eigenvalue weighted by Crippen LogP contribution is 2.46. The molecule has 0 aromatic carbocycles. The Morgan fingerprint density at radius 1 is 1.58 bits per heavy atom. The Morgan fingerprint density at radius 3 is 2.84 bits per heavy atom. The highest BCUT2D eigenvalue weighted by Gasteiger charge is 2.59. The highest BCUT2D eigenvalue weighted by molar-refractivity contribution is 7.07. The molecule has 1 aliphatic carbocycles. The maximum absolute atomic E-state index is 12.6. The Bertz CT molecular complexity index is 467. The molecule has 1 N–H and O–H groups in total. The molecule has 2 aliphatic rings. The van der Waals surface area contributed by atoms with Crippen LogP contribution < -0.4 is 5.32 Å². The van der Waals surface area contributed by atoms with Crippen molar-refractivity contribution in [2.24, 2.45) is 0 Å². The van der Waals surface area contributed by atoms with Crippen molar-refractivity contribution in [2.75, 3.05) is 20.6 Å². The zero-order valence-corrected chi connectivity index (χ0v) is 12.5. The van der Waals surface area contributed by atoms with E-state index in [4.69, 9.17) is 0 Å². The second kappa shape index (κ2) is 4.58. The largest absolute Gasteiger partial charge is 0.320 e. The molecule has 1 saturated heterocycles. The van der Waals surface area contributed by atoms with Crippen LogP contribution in [0.3, 0.4) is 0 Å². The summed E-state index contributed by atoms with van der Waals surface area (Å²) in [5.41, 5.74) is 0.978. The van der Waals surface area contributed by atoms with Gasteiger partial charge in [0.25, 0.3) is 0 Å². The molecule has 2 atom stereocenters. The summed E-state index contributed by atoms with van der Waals surface area (Å²) >= 11 is 1.69. The maximum Gasteiger partial charge on any atom is 0.244 e. The number of hydrogen-bond acceptors (Lipinski definition) is 4. The molecular weight excluding hydrogens is 258 g/mol. The monoisotopic (exact) mass is 279 g/mol. The van der Waals surface area contributed by atoms with E-state index in [9.17, 15) is 4.79 Å². The Hall–Kier alpha value is -0.910. The normalized spacial score (nSPS) is 26.4. The topological polar surface area (TPSA) is 35.6 Å². The van der Waals surface area contributed by atoms with Crippen molar-refractivity contribution >= 4 is 17.2 Å². The van der Waals surface area contributed by atoms with Gasteiger partial charge in [-0.2, -0.15) is 11.3 Å². The van der Waals surface area contributed by atoms with Crippen molar-refractivity contribution in [3.8, 4) is 0 Å². The van der Waals surface area contributed by atoms with E-state index in [0.29, 0.717) is 6.04 Å². The molecule has 1 amide bonds. The third kappa shape index (κ3) is 2.20. The number of thiophene rings is 1. The molecule has 2 fully saturated rings. The van der Waals surface area contributed by atoms with Crippen molar-refractivity contribution in [2.45, 2.75) is 37.5 Å². The van der Waals surface area contributed by atoms with Crippen molar-refractivity contribution < 1.29 is 4.79 Å². The van der Waals surface area contributed by atoms with Crippen LogP contribution in [0.1, 0.15) is 31.5 Å². The number of hydrogen-bond donors (Lipinski definition) is 1. The molecule has 2 unspecified atom stereocenters. The third-order valence-corrected chi connectivity index (χ3v) is 5.05. The van der Waals surface area contributed by atoms with Gasteiger partial charge in [-0.25, -0.2) is 0 Å². The van der Waals surface area contributed by atoms with Gasteiger partial charge in [0.15, 0.2) is 0 Å². The van der Waals surface area contributed by atoms with E-state index in [0.717, 1.165) is 19.4 Å². The van der Waals surface area contributed by atoms with E-state index in [2.05, 4.69) is 48.1 Å². The summed E-state index contributed by atoms with van der Waals surface area (Å²) in [5.74, 6) is 0.289. The van der Waals surface area contributed by atoms with E-state index >= 15 is 0 Å². The average molecular weight is 279 g/mol. The van der Waals surface area contributed by atoms with Gasteiger partial charge in [0.2, 0.25) is 5.91 Å². The van der Waals surface area contributed by atoms with Crippen molar-refractivity contribution in [1.82, 2.24) is 15.1 Å². The highest BCUT2D eigenvalue weighted by atomic mass is 32.1. The minimum atomic E-state index is -0.237. The molecule has 5 heteroatoms. The lowest BCUT2D eigenvalue weighted by Crippen LogP contribution is -2.41. The van der Waals surface area contributed by atoms with Gasteiger partial charge < -0.3 is 9.80 Å². The number of carbonyl (C=O) groups excluding carboxylic acids is 1. The van der Waals surface area contributed by atoms with Gasteiger partial charge in [-0.05, 0) is 56.3 Å². The summed E-state index contributed by atoms with van der Waals surface area (Å²) in [6.45, 7) is 2.94. The van der Waals surface area contributed by atoms with Gasteiger partial charge in [-0.15, -0.1) is 0 Å². The molecule has 0 bridgehead atoms. The molecule has 1 aromatic heterocycles. The molecule has 1 spiro atoms. The molecule has 1 aromatic rings. The minimum absolute atomic E-state index is 0.0589. The lowest BCUT2D eigenvalue weighted by molar-refractivity contribution is -0.131. The van der Waals surface area contributed by atoms with E-state index in [1.54, 1.807) is 11.3 Å². The number of nitrogens with zero attached hydrogens (tertiary/aromatic N) is 2. The SMILES string of the molecule is CC(CN1C(=O)C2(CC2)NC1c1ccsc1)N(C)C. The van der Waals surface area contributed by atoms with Crippen LogP contribution in [-0.4, -0.2) is 47.9 Å². The summed E-state index contributed by atoms with van der Waals surface area (Å²) in [6.07, 6.45) is 2.03. The first-order valence-electron chi connectivity index (χ1n) is 6.81. The summed E-state index contributed by atoms with van der Waals surface area (Å²) in [5, 5.41) is 7.77. The summed E-state index contributed by atoms with van der Waals surface area (Å²) in [6, 6.07) is 2.48. The van der Waals surface area contributed by atoms with E-state index < -0.39 is 0 Å². The van der Waals surface area contributed by atoms with Crippen LogP contribution in [0, 0.1) is 0 Å². The number of rotatable bonds is 4. The predicted molar refractivity (Wildman–Crippen MR) is 77.0 cm³/mol. The second-order valence-electron chi connectivity index (χ2n) is 5.96. The maximum atomic E-state index is 12.6. The second-order valence-corrected chi connectivity index (χ2v) is 6.74. The number of amides is 1. The molecule has 4 nitrogen and oxygen atoms in total. The zero-order valence-electron chi connectivity index (χ0n) is 11.7. The van der Waals surface area contributed by atoms with Gasteiger partial charge in [0.05, 0.1) is 0 Å². The third-order valence-electron chi connectivity index (χ3n) is 4.35. The molecular formula is C14H21N3OS. The summed E-state index contributed by atoms with van der Waals surface area (Å²) in [4.78, 5) is 16.8. The fourth-order valence-corrected chi connectivity index (χ4v) is 3.29. The lowest BCUT2D eigenvalue weighted by atomic mass is 10.2. The van der Waals surface area contributed by atoms with Crippen LogP contribution in [0.2, 0.25) is 0 Å². The van der Waals surface area contributed by atoms with Crippen LogP contribution in [0.15, 0.2) is 16.8 Å². The zero-order chi connectivity index (χ0) is 13.6. The van der Waals surface area contributed by atoms with Crippen molar-refractivity contribution in [3.05, 3.63) is 22.4 Å². The Morgan fingerprint density at radius 2 is 2.32 bits per heavy atom. The molecule has 2 heterocycles. The quantitative estimate of drug-likeness (QED) is 0.910. The Kier molecular flexibility index (Phi) is 3.15. The lowest BCUT2D eigenvalue weighted by Gasteiger charge is -2.29. The molecule has 3 rings (SSSR count). The average Bonchev–Trinajstić information content (AvgIpc) is 2.85. The van der Waals surface area contributed by atoms with Gasteiger partial charge in [-0.1, -0.05) is 0 Å². The van der Waals surface area contributed by atoms with Gasteiger partial charge in [-0.3, -0.25) is 10.1 Å². The van der Waals surface area contributed by atoms with Crippen molar-refractivity contribution in [3.63, 3.8) is 0 Å². The molecule has 1 saturated carbocycles. The molecule has 19 heavy (non-hydrogen) atoms. The Labute approximate surface area is 118 Å². The van der Waals surface area contributed by atoms with Crippen LogP contribution in [0.5, 0.6) is 0 Å². The van der Waals surface area contributed by atoms with E-state index in [1.165, 1.54) is 5.56 Å². The standard InChI is InChI=1S/C14H21N3OS/c1-10(16(2)3)8-17-12(11-4-7-19-9-11)15-14(5-6-14)13(17)18/h4,7,9-10,12,15H,5-6,8H2,1-3H3. The van der Waals surface area contributed by atoms with Gasteiger partial charge in [0, 0.05) is 12.6 Å². The van der Waals surface area contributed by atoms with Crippen molar-refractivity contribution in [1.29, 1.82) is 0 Å². The number of nitrogens with one attached hydrogen (secondary N) is 1. The first-order chi connectivity index (χ1) is 9.03. The van der Waals surface area contributed by atoms with Crippen LogP contribution >= 0.6 is 11.3 Å². The number of likely N-dealkylation sites (N-methyl/N-ethyl adjacent to an activating group) is 1. The first-order valence-corrected chi connectivity index (χ1v) is 7.75. The smallest absolute Gasteiger partial charge is 0.244 e. The fraction of sp³-hybridized carbons (Fsp3) is 0.643. The molecule has 0 radical (unpaired) electrons. The van der Waals surface area contributed by atoms with Crippen LogP contribution in [-0.2, 0) is 4.79 Å². The summed E-state index contributed by atoms with van der Waals surface area (Å²) in [7, 11) is 4.12. The predicted octanol–water partition coefficient (Wildman–Crippen LogP) is 1.66. The minimum Gasteiger partial charge on any atom is -0.320 e. The van der Waals surface area contributed by atoms with E-state index in [1.807, 2.05) is 4.90 Å². The Balaban J connectivity index is 1.83. The van der Waals surface area contributed by atoms with Crippen LogP contribution in [0.25, 0.3) is 0 Å². The van der Waals surface area contributed by atoms with Gasteiger partial charge in [0.1, 0.15) is 11.7 Å². The first kappa shape index (κ1) is 13.1. The number of carbonyl (C=O) groups is 1. The fourth-order valence-electron chi connectivity index (χ4n) is 2.61. The van der Waals surface area contributed by atoms with Gasteiger partial charge >= 0.3 is 0 Å². The van der Waals surface area contributed by atoms with Crippen LogP contribution in [0.4, 0.5) is 0 Å². The summed E-state index contributed by atoms with van der Waals surface area (Å²) < 4.78 is 0.